The van der Waals surface area contributed by atoms with Crippen molar-refractivity contribution in [1.29, 1.82) is 0 Å². The maximum Gasteiger partial charge on any atom is 0.339 e. The Labute approximate surface area is 99.3 Å². The van der Waals surface area contributed by atoms with Crippen molar-refractivity contribution >= 4 is 11.9 Å². The number of aliphatic hydroxyl groups excluding tert-OH is 1. The summed E-state index contributed by atoms with van der Waals surface area (Å²) in [5.74, 6) is -4.01. The van der Waals surface area contributed by atoms with Gasteiger partial charge >= 0.3 is 17.9 Å². The molecular formula is C10H18O7. The molecule has 100 valence electrons. The molecule has 0 aromatic carbocycles. The van der Waals surface area contributed by atoms with Gasteiger partial charge in [0.25, 0.3) is 0 Å². The van der Waals surface area contributed by atoms with E-state index in [1.165, 1.54) is 6.92 Å². The highest BCUT2D eigenvalue weighted by atomic mass is 16.9. The second-order valence-electron chi connectivity index (χ2n) is 3.26. The van der Waals surface area contributed by atoms with E-state index in [0.717, 1.165) is 0 Å². The molecule has 0 aliphatic rings. The number of aliphatic hydroxyl groups is 1. The van der Waals surface area contributed by atoms with Crippen molar-refractivity contribution in [2.75, 3.05) is 13.2 Å². The largest absolute Gasteiger partial charge is 0.481 e. The van der Waals surface area contributed by atoms with E-state index in [1.54, 1.807) is 13.8 Å². The molecule has 0 saturated carbocycles. The third-order valence-corrected chi connectivity index (χ3v) is 1.74. The predicted molar refractivity (Wildman–Crippen MR) is 56.0 cm³/mol. The molecule has 0 amide bonds. The zero-order valence-corrected chi connectivity index (χ0v) is 10.1. The van der Waals surface area contributed by atoms with Crippen LogP contribution in [0.1, 0.15) is 27.2 Å². The minimum absolute atomic E-state index is 0.235. The van der Waals surface area contributed by atoms with Crippen molar-refractivity contribution < 1.29 is 34.0 Å². The lowest BCUT2D eigenvalue weighted by atomic mass is 10.2. The molecule has 0 bridgehead atoms. The van der Waals surface area contributed by atoms with Crippen molar-refractivity contribution in [3.05, 3.63) is 0 Å². The number of ether oxygens (including phenoxy) is 3. The van der Waals surface area contributed by atoms with E-state index in [2.05, 4.69) is 0 Å². The summed E-state index contributed by atoms with van der Waals surface area (Å²) in [6, 6.07) is 0. The van der Waals surface area contributed by atoms with Gasteiger partial charge in [-0.3, -0.25) is 4.79 Å². The zero-order chi connectivity index (χ0) is 13.5. The molecular weight excluding hydrogens is 232 g/mol. The van der Waals surface area contributed by atoms with Gasteiger partial charge in [-0.05, 0) is 13.8 Å². The molecule has 1 atom stereocenters. The molecule has 0 aliphatic heterocycles. The molecule has 2 N–H and O–H groups in total. The molecule has 0 heterocycles. The summed E-state index contributed by atoms with van der Waals surface area (Å²) in [4.78, 5) is 21.6. The predicted octanol–water partition coefficient (Wildman–Crippen LogP) is 0.112. The highest BCUT2D eigenvalue weighted by Gasteiger charge is 2.33. The molecule has 0 spiro atoms. The van der Waals surface area contributed by atoms with Crippen LogP contribution in [0.4, 0.5) is 0 Å². The maximum absolute atomic E-state index is 11.3. The number of carbonyl (C=O) groups is 2. The molecule has 7 nitrogen and oxygen atoms in total. The van der Waals surface area contributed by atoms with Crippen LogP contribution in [-0.2, 0) is 23.8 Å². The topological polar surface area (TPSA) is 102 Å². The molecule has 0 rings (SSSR count). The fraction of sp³-hybridized carbons (Fsp3) is 0.800. The van der Waals surface area contributed by atoms with Crippen LogP contribution in [0.2, 0.25) is 0 Å². The first kappa shape index (κ1) is 15.8. The molecule has 0 fully saturated rings. The van der Waals surface area contributed by atoms with E-state index in [4.69, 9.17) is 19.3 Å². The Morgan fingerprint density at radius 3 is 2.06 bits per heavy atom. The Bertz CT molecular complexity index is 257. The SMILES string of the molecule is CCOC(C)(OCC)OC(=O)C(O)CC(=O)O. The van der Waals surface area contributed by atoms with Crippen LogP contribution in [0.15, 0.2) is 0 Å². The number of aliphatic carboxylic acids is 1. The van der Waals surface area contributed by atoms with Gasteiger partial charge in [0.05, 0.1) is 19.6 Å². The summed E-state index contributed by atoms with van der Waals surface area (Å²) < 4.78 is 14.9. The number of carboxylic acid groups (broad SMARTS) is 1. The van der Waals surface area contributed by atoms with E-state index < -0.39 is 30.4 Å². The molecule has 0 saturated heterocycles. The lowest BCUT2D eigenvalue weighted by molar-refractivity contribution is -0.351. The third kappa shape index (κ3) is 6.20. The number of carboxylic acids is 1. The molecule has 1 unspecified atom stereocenters. The molecule has 17 heavy (non-hydrogen) atoms. The first-order valence-corrected chi connectivity index (χ1v) is 5.25. The molecule has 0 radical (unpaired) electrons. The van der Waals surface area contributed by atoms with Crippen LogP contribution in [0.25, 0.3) is 0 Å². The molecule has 0 aromatic rings. The summed E-state index contributed by atoms with van der Waals surface area (Å²) in [5.41, 5.74) is 0. The number of hydrogen-bond donors (Lipinski definition) is 2. The van der Waals surface area contributed by atoms with Crippen molar-refractivity contribution in [3.8, 4) is 0 Å². The second kappa shape index (κ2) is 7.21. The number of hydrogen-bond acceptors (Lipinski definition) is 6. The van der Waals surface area contributed by atoms with Gasteiger partial charge in [0.2, 0.25) is 0 Å². The number of esters is 1. The zero-order valence-electron chi connectivity index (χ0n) is 10.1. The lowest BCUT2D eigenvalue weighted by Gasteiger charge is -2.28. The summed E-state index contributed by atoms with van der Waals surface area (Å²) in [6.45, 7) is 5.20. The molecule has 7 heteroatoms. The standard InChI is InChI=1S/C10H18O7/c1-4-15-10(3,16-5-2)17-9(14)7(11)6-8(12)13/h7,11H,4-6H2,1-3H3,(H,12,13). The minimum Gasteiger partial charge on any atom is -0.481 e. The normalized spacial score (nSPS) is 13.2. The number of carbonyl (C=O) groups excluding carboxylic acids is 1. The first-order chi connectivity index (χ1) is 7.84. The minimum atomic E-state index is -1.74. The van der Waals surface area contributed by atoms with Crippen LogP contribution < -0.4 is 0 Å². The summed E-state index contributed by atoms with van der Waals surface area (Å²) in [7, 11) is 0. The van der Waals surface area contributed by atoms with Crippen LogP contribution in [0.5, 0.6) is 0 Å². The van der Waals surface area contributed by atoms with Gasteiger partial charge in [-0.1, -0.05) is 0 Å². The van der Waals surface area contributed by atoms with E-state index >= 15 is 0 Å². The Balaban J connectivity index is 4.43. The van der Waals surface area contributed by atoms with Gasteiger partial charge in [0.1, 0.15) is 0 Å². The van der Waals surface area contributed by atoms with E-state index in [-0.39, 0.29) is 13.2 Å². The van der Waals surface area contributed by atoms with Crippen LogP contribution in [0, 0.1) is 0 Å². The quantitative estimate of drug-likeness (QED) is 0.465. The van der Waals surface area contributed by atoms with Gasteiger partial charge in [0, 0.05) is 6.92 Å². The average Bonchev–Trinajstić information content (AvgIpc) is 2.16. The monoisotopic (exact) mass is 250 g/mol. The van der Waals surface area contributed by atoms with Crippen molar-refractivity contribution in [2.45, 2.75) is 39.3 Å². The average molecular weight is 250 g/mol. The fourth-order valence-electron chi connectivity index (χ4n) is 1.12. The van der Waals surface area contributed by atoms with Gasteiger partial charge in [-0.25, -0.2) is 4.79 Å². The maximum atomic E-state index is 11.3. The van der Waals surface area contributed by atoms with Gasteiger partial charge in [-0.2, -0.15) is 0 Å². The highest BCUT2D eigenvalue weighted by molar-refractivity contribution is 5.80. The summed E-state index contributed by atoms with van der Waals surface area (Å²) in [5, 5.41) is 17.6. The van der Waals surface area contributed by atoms with Gasteiger partial charge in [-0.15, -0.1) is 0 Å². The van der Waals surface area contributed by atoms with E-state index in [1.807, 2.05) is 0 Å². The van der Waals surface area contributed by atoms with Crippen LogP contribution >= 0.6 is 0 Å². The molecule has 0 aromatic heterocycles. The second-order valence-corrected chi connectivity index (χ2v) is 3.26. The van der Waals surface area contributed by atoms with Gasteiger partial charge < -0.3 is 24.4 Å². The van der Waals surface area contributed by atoms with Crippen molar-refractivity contribution in [1.82, 2.24) is 0 Å². The van der Waals surface area contributed by atoms with Crippen LogP contribution in [0.3, 0.4) is 0 Å². The van der Waals surface area contributed by atoms with Crippen LogP contribution in [-0.4, -0.2) is 47.4 Å². The Morgan fingerprint density at radius 2 is 1.71 bits per heavy atom. The third-order valence-electron chi connectivity index (χ3n) is 1.74. The smallest absolute Gasteiger partial charge is 0.339 e. The summed E-state index contributed by atoms with van der Waals surface area (Å²) in [6.07, 6.45) is -2.47. The Morgan fingerprint density at radius 1 is 1.24 bits per heavy atom. The van der Waals surface area contributed by atoms with Crippen molar-refractivity contribution in [2.24, 2.45) is 0 Å². The fourth-order valence-corrected chi connectivity index (χ4v) is 1.12. The summed E-state index contributed by atoms with van der Waals surface area (Å²) >= 11 is 0. The van der Waals surface area contributed by atoms with E-state index in [9.17, 15) is 14.7 Å². The highest BCUT2D eigenvalue weighted by Crippen LogP contribution is 2.16. The first-order valence-electron chi connectivity index (χ1n) is 5.25. The molecule has 0 aliphatic carbocycles. The van der Waals surface area contributed by atoms with E-state index in [0.29, 0.717) is 0 Å². The Kier molecular flexibility index (Phi) is 6.71. The van der Waals surface area contributed by atoms with Gasteiger partial charge in [0.15, 0.2) is 6.10 Å². The van der Waals surface area contributed by atoms with Crippen molar-refractivity contribution in [3.63, 3.8) is 0 Å². The Hall–Kier alpha value is -1.18. The lowest BCUT2D eigenvalue weighted by Crippen LogP contribution is -2.41. The number of rotatable bonds is 8.